The maximum absolute atomic E-state index is 12.7. The number of nitriles is 1. The summed E-state index contributed by atoms with van der Waals surface area (Å²) in [5.74, 6) is 0.0365. The molecule has 0 bridgehead atoms. The number of amides is 1. The first kappa shape index (κ1) is 22.0. The summed E-state index contributed by atoms with van der Waals surface area (Å²) in [5, 5.41) is 15.0. The summed E-state index contributed by atoms with van der Waals surface area (Å²) in [6.45, 7) is 3.40. The molecule has 31 heavy (non-hydrogen) atoms. The van der Waals surface area contributed by atoms with Crippen LogP contribution in [0, 0.1) is 11.3 Å². The van der Waals surface area contributed by atoms with Gasteiger partial charge in [0, 0.05) is 32.0 Å². The lowest BCUT2D eigenvalue weighted by atomic mass is 10.1. The average Bonchev–Trinajstić information content (AvgIpc) is 3.19. The Morgan fingerprint density at radius 1 is 1.29 bits per heavy atom. The summed E-state index contributed by atoms with van der Waals surface area (Å²) in [4.78, 5) is 33.0. The molecule has 2 aromatic rings. The Kier molecular flexibility index (Phi) is 7.03. The van der Waals surface area contributed by atoms with Crippen molar-refractivity contribution in [1.82, 2.24) is 15.3 Å². The van der Waals surface area contributed by atoms with Crippen LogP contribution in [0.5, 0.6) is 5.88 Å². The first-order valence-corrected chi connectivity index (χ1v) is 10.2. The van der Waals surface area contributed by atoms with Crippen LogP contribution in [-0.2, 0) is 9.53 Å². The van der Waals surface area contributed by atoms with Crippen LogP contribution in [0.3, 0.4) is 0 Å². The Balaban J connectivity index is 2.00. The van der Waals surface area contributed by atoms with E-state index in [-0.39, 0.29) is 41.9 Å². The molecule has 0 saturated heterocycles. The molecule has 9 heteroatoms. The van der Waals surface area contributed by atoms with Gasteiger partial charge in [-0.15, -0.1) is 0 Å². The quantitative estimate of drug-likeness (QED) is 0.651. The molecule has 0 radical (unpaired) electrons. The van der Waals surface area contributed by atoms with E-state index >= 15 is 0 Å². The van der Waals surface area contributed by atoms with Gasteiger partial charge in [-0.3, -0.25) is 4.79 Å². The van der Waals surface area contributed by atoms with Crippen molar-refractivity contribution in [3.05, 3.63) is 35.4 Å². The van der Waals surface area contributed by atoms with Crippen LogP contribution in [0.2, 0.25) is 0 Å². The highest BCUT2D eigenvalue weighted by molar-refractivity contribution is 5.97. The Morgan fingerprint density at radius 3 is 2.77 bits per heavy atom. The van der Waals surface area contributed by atoms with Crippen molar-refractivity contribution in [3.8, 4) is 23.3 Å². The second-order valence-corrected chi connectivity index (χ2v) is 7.19. The number of hydrogen-bond acceptors (Lipinski definition) is 8. The zero-order valence-electron chi connectivity index (χ0n) is 17.8. The lowest BCUT2D eigenvalue weighted by molar-refractivity contribution is -0.119. The van der Waals surface area contributed by atoms with E-state index in [0.29, 0.717) is 29.8 Å². The van der Waals surface area contributed by atoms with Crippen LogP contribution in [0.15, 0.2) is 24.3 Å². The second-order valence-electron chi connectivity index (χ2n) is 7.19. The summed E-state index contributed by atoms with van der Waals surface area (Å²) in [6.07, 6.45) is 1.88. The predicted molar refractivity (Wildman–Crippen MR) is 114 cm³/mol. The van der Waals surface area contributed by atoms with E-state index in [4.69, 9.17) is 9.47 Å². The van der Waals surface area contributed by atoms with E-state index in [1.54, 1.807) is 38.2 Å². The SMILES string of the molecule is CCOC(=O)c1c(NC)nc(-c2cccc(C#N)c2)nc1O[C@@H]1CCC(NC(C)=O)C1. The Bertz CT molecular complexity index is 1020. The molecule has 1 amide bonds. The van der Waals surface area contributed by atoms with Gasteiger partial charge in [-0.05, 0) is 31.9 Å². The van der Waals surface area contributed by atoms with Crippen LogP contribution >= 0.6 is 0 Å². The number of benzene rings is 1. The number of hydrogen-bond donors (Lipinski definition) is 2. The molecule has 1 aliphatic rings. The van der Waals surface area contributed by atoms with Gasteiger partial charge in [-0.25, -0.2) is 9.78 Å². The molecule has 1 fully saturated rings. The maximum Gasteiger partial charge on any atom is 0.347 e. The van der Waals surface area contributed by atoms with E-state index in [1.807, 2.05) is 0 Å². The van der Waals surface area contributed by atoms with Gasteiger partial charge in [-0.2, -0.15) is 10.2 Å². The molecule has 0 aliphatic heterocycles. The van der Waals surface area contributed by atoms with Crippen LogP contribution in [0.1, 0.15) is 49.0 Å². The fraction of sp³-hybridized carbons (Fsp3) is 0.409. The van der Waals surface area contributed by atoms with Gasteiger partial charge in [0.15, 0.2) is 11.4 Å². The molecule has 9 nitrogen and oxygen atoms in total. The molecule has 162 valence electrons. The number of ether oxygens (including phenoxy) is 2. The summed E-state index contributed by atoms with van der Waals surface area (Å²) in [6, 6.07) is 9.00. The number of carbonyl (C=O) groups is 2. The van der Waals surface area contributed by atoms with Crippen LogP contribution in [-0.4, -0.2) is 47.6 Å². The number of anilines is 1. The molecule has 3 rings (SSSR count). The summed E-state index contributed by atoms with van der Waals surface area (Å²) >= 11 is 0. The van der Waals surface area contributed by atoms with E-state index < -0.39 is 5.97 Å². The lowest BCUT2D eigenvalue weighted by Gasteiger charge is -2.18. The normalized spacial score (nSPS) is 17.5. The summed E-state index contributed by atoms with van der Waals surface area (Å²) in [5.41, 5.74) is 1.21. The molecule has 2 atom stereocenters. The summed E-state index contributed by atoms with van der Waals surface area (Å²) in [7, 11) is 1.65. The number of aromatic nitrogens is 2. The van der Waals surface area contributed by atoms with Gasteiger partial charge in [0.05, 0.1) is 18.2 Å². The third kappa shape index (κ3) is 5.28. The van der Waals surface area contributed by atoms with Gasteiger partial charge in [0.2, 0.25) is 11.8 Å². The number of nitrogens with zero attached hydrogens (tertiary/aromatic N) is 3. The van der Waals surface area contributed by atoms with Crippen molar-refractivity contribution >= 4 is 17.7 Å². The third-order valence-electron chi connectivity index (χ3n) is 4.91. The molecule has 1 saturated carbocycles. The first-order valence-electron chi connectivity index (χ1n) is 10.2. The third-order valence-corrected chi connectivity index (χ3v) is 4.91. The lowest BCUT2D eigenvalue weighted by Crippen LogP contribution is -2.31. The van der Waals surface area contributed by atoms with Crippen molar-refractivity contribution in [2.24, 2.45) is 0 Å². The van der Waals surface area contributed by atoms with Crippen molar-refractivity contribution in [2.45, 2.75) is 45.3 Å². The highest BCUT2D eigenvalue weighted by Crippen LogP contribution is 2.32. The molecular formula is C22H25N5O4. The van der Waals surface area contributed by atoms with Gasteiger partial charge in [0.1, 0.15) is 11.9 Å². The minimum absolute atomic E-state index is 0.0194. The molecule has 1 aromatic heterocycles. The van der Waals surface area contributed by atoms with Crippen LogP contribution in [0.4, 0.5) is 5.82 Å². The molecule has 1 aliphatic carbocycles. The van der Waals surface area contributed by atoms with Crippen molar-refractivity contribution in [3.63, 3.8) is 0 Å². The summed E-state index contributed by atoms with van der Waals surface area (Å²) < 4.78 is 11.3. The topological polar surface area (TPSA) is 126 Å². The fourth-order valence-electron chi connectivity index (χ4n) is 3.57. The van der Waals surface area contributed by atoms with Gasteiger partial charge in [0.25, 0.3) is 0 Å². The largest absolute Gasteiger partial charge is 0.474 e. The van der Waals surface area contributed by atoms with Gasteiger partial charge < -0.3 is 20.1 Å². The molecular weight excluding hydrogens is 398 g/mol. The van der Waals surface area contributed by atoms with Crippen LogP contribution in [0.25, 0.3) is 11.4 Å². The van der Waals surface area contributed by atoms with E-state index in [0.717, 1.165) is 6.42 Å². The maximum atomic E-state index is 12.7. The minimum Gasteiger partial charge on any atom is -0.474 e. The highest BCUT2D eigenvalue weighted by atomic mass is 16.5. The molecule has 2 N–H and O–H groups in total. The second kappa shape index (κ2) is 9.89. The Labute approximate surface area is 180 Å². The number of carbonyl (C=O) groups excluding carboxylic acids is 2. The monoisotopic (exact) mass is 423 g/mol. The molecule has 1 heterocycles. The Morgan fingerprint density at radius 2 is 2.10 bits per heavy atom. The van der Waals surface area contributed by atoms with Gasteiger partial charge >= 0.3 is 5.97 Å². The standard InChI is InChI=1S/C22H25N5O4/c1-4-30-22(29)18-20(24-3)26-19(15-7-5-6-14(10-15)12-23)27-21(18)31-17-9-8-16(11-17)25-13(2)28/h5-7,10,16-17H,4,8-9,11H2,1-3H3,(H,25,28)(H,24,26,27)/t16?,17-/m1/s1. The zero-order valence-corrected chi connectivity index (χ0v) is 17.8. The van der Waals surface area contributed by atoms with Gasteiger partial charge in [-0.1, -0.05) is 12.1 Å². The predicted octanol–water partition coefficient (Wildman–Crippen LogP) is 2.67. The average molecular weight is 423 g/mol. The highest BCUT2D eigenvalue weighted by Gasteiger charge is 2.30. The molecule has 1 aromatic carbocycles. The molecule has 1 unspecified atom stereocenters. The zero-order chi connectivity index (χ0) is 22.4. The smallest absolute Gasteiger partial charge is 0.347 e. The Hall–Kier alpha value is -3.67. The van der Waals surface area contributed by atoms with E-state index in [1.165, 1.54) is 6.92 Å². The van der Waals surface area contributed by atoms with Crippen molar-refractivity contribution < 1.29 is 19.1 Å². The van der Waals surface area contributed by atoms with Crippen molar-refractivity contribution in [2.75, 3.05) is 19.0 Å². The van der Waals surface area contributed by atoms with E-state index in [2.05, 4.69) is 26.7 Å². The number of esters is 1. The fourth-order valence-corrected chi connectivity index (χ4v) is 3.57. The number of nitrogens with one attached hydrogen (secondary N) is 2. The van der Waals surface area contributed by atoms with E-state index in [9.17, 15) is 14.9 Å². The first-order chi connectivity index (χ1) is 14.9. The number of rotatable bonds is 7. The van der Waals surface area contributed by atoms with Crippen molar-refractivity contribution in [1.29, 1.82) is 5.26 Å². The molecule has 0 spiro atoms. The minimum atomic E-state index is -0.587. The van der Waals surface area contributed by atoms with Crippen LogP contribution < -0.4 is 15.4 Å².